The van der Waals surface area contributed by atoms with Crippen LogP contribution in [0, 0.1) is 23.7 Å². The summed E-state index contributed by atoms with van der Waals surface area (Å²) < 4.78 is 0. The molecule has 0 aromatic rings. The van der Waals surface area contributed by atoms with Crippen LogP contribution in [0.1, 0.15) is 103 Å². The lowest BCUT2D eigenvalue weighted by Crippen LogP contribution is -2.33. The molecule has 0 amide bonds. The molecule has 29 heavy (non-hydrogen) atoms. The van der Waals surface area contributed by atoms with Gasteiger partial charge < -0.3 is 5.32 Å². The molecule has 1 N–H and O–H groups in total. The van der Waals surface area contributed by atoms with Gasteiger partial charge in [0.15, 0.2) is 0 Å². The minimum Gasteiger partial charge on any atom is -0.317 e. The van der Waals surface area contributed by atoms with Gasteiger partial charge in [-0.15, -0.1) is 0 Å². The zero-order valence-electron chi connectivity index (χ0n) is 19.3. The first-order valence-electron chi connectivity index (χ1n) is 12.6. The molecule has 0 aromatic heterocycles. The van der Waals surface area contributed by atoms with Crippen molar-refractivity contribution < 1.29 is 4.79 Å². The number of carbonyl (C=O) groups is 1. The maximum absolute atomic E-state index is 9.06. The normalized spacial score (nSPS) is 32.5. The second kappa shape index (κ2) is 14.2. The summed E-state index contributed by atoms with van der Waals surface area (Å²) in [7, 11) is 2.14. The third kappa shape index (κ3) is 8.40. The molecule has 1 unspecified atom stereocenters. The number of rotatable bonds is 8. The molecule has 1 atom stereocenters. The van der Waals surface area contributed by atoms with Crippen molar-refractivity contribution in [2.24, 2.45) is 23.7 Å². The molecule has 0 aromatic carbocycles. The van der Waals surface area contributed by atoms with Gasteiger partial charge in [-0.1, -0.05) is 50.8 Å². The Bertz CT molecular complexity index is 475. The van der Waals surface area contributed by atoms with Crippen LogP contribution in [-0.2, 0) is 4.79 Å². The van der Waals surface area contributed by atoms with E-state index >= 15 is 0 Å². The summed E-state index contributed by atoms with van der Waals surface area (Å²) in [5, 5.41) is 3.48. The average molecular weight is 402 g/mol. The summed E-state index contributed by atoms with van der Waals surface area (Å²) >= 11 is 0. The lowest BCUT2D eigenvalue weighted by atomic mass is 9.69. The Morgan fingerprint density at radius 1 is 1.00 bits per heavy atom. The standard InChI is InChI=1S/C24H43N.C3H4O/c1-3-4-5-6-19-7-9-20(10-8-19)21-11-13-22(14-12-21)23-15-17-24(25-2)18-16-23;1-2-3-4/h11,19-20,22-25H,3-10,12-18H2,1-2H3;2-3H,1H2. The predicted molar refractivity (Wildman–Crippen MR) is 126 cm³/mol. The third-order valence-corrected chi connectivity index (χ3v) is 8.02. The summed E-state index contributed by atoms with van der Waals surface area (Å²) in [5.41, 5.74) is 1.87. The Morgan fingerprint density at radius 3 is 2.21 bits per heavy atom. The Hall–Kier alpha value is -0.890. The monoisotopic (exact) mass is 401 g/mol. The van der Waals surface area contributed by atoms with E-state index in [1.807, 2.05) is 5.57 Å². The molecule has 2 heteroatoms. The van der Waals surface area contributed by atoms with Gasteiger partial charge in [-0.05, 0) is 107 Å². The molecule has 2 saturated carbocycles. The number of hydrogen-bond acceptors (Lipinski definition) is 2. The van der Waals surface area contributed by atoms with Crippen molar-refractivity contribution >= 4 is 6.29 Å². The topological polar surface area (TPSA) is 29.1 Å². The van der Waals surface area contributed by atoms with E-state index in [9.17, 15) is 0 Å². The second-order valence-electron chi connectivity index (χ2n) is 9.80. The second-order valence-corrected chi connectivity index (χ2v) is 9.80. The van der Waals surface area contributed by atoms with Crippen molar-refractivity contribution in [3.63, 3.8) is 0 Å². The van der Waals surface area contributed by atoms with E-state index < -0.39 is 0 Å². The zero-order chi connectivity index (χ0) is 20.9. The number of hydrogen-bond donors (Lipinski definition) is 1. The van der Waals surface area contributed by atoms with Crippen molar-refractivity contribution in [3.05, 3.63) is 24.3 Å². The van der Waals surface area contributed by atoms with Gasteiger partial charge in [-0.2, -0.15) is 0 Å². The van der Waals surface area contributed by atoms with Crippen molar-refractivity contribution in [3.8, 4) is 0 Å². The third-order valence-electron chi connectivity index (χ3n) is 8.02. The van der Waals surface area contributed by atoms with Gasteiger partial charge in [0.1, 0.15) is 6.29 Å². The van der Waals surface area contributed by atoms with Gasteiger partial charge in [-0.3, -0.25) is 4.79 Å². The molecule has 0 aliphatic heterocycles. The van der Waals surface area contributed by atoms with Crippen LogP contribution in [0.25, 0.3) is 0 Å². The number of allylic oxidation sites excluding steroid dienone is 3. The number of aldehydes is 1. The molecule has 166 valence electrons. The number of unbranched alkanes of at least 4 members (excludes halogenated alkanes) is 2. The molecule has 2 fully saturated rings. The van der Waals surface area contributed by atoms with Gasteiger partial charge >= 0.3 is 0 Å². The molecule has 0 saturated heterocycles. The molecular formula is C27H47NO. The molecule has 0 bridgehead atoms. The summed E-state index contributed by atoms with van der Waals surface area (Å²) in [6.45, 7) is 5.44. The fourth-order valence-electron chi connectivity index (χ4n) is 6.06. The van der Waals surface area contributed by atoms with Gasteiger partial charge in [0, 0.05) is 6.04 Å². The largest absolute Gasteiger partial charge is 0.317 e. The minimum atomic E-state index is 0.639. The van der Waals surface area contributed by atoms with E-state index in [4.69, 9.17) is 4.79 Å². The number of carbonyl (C=O) groups excluding carboxylic acids is 1. The summed E-state index contributed by atoms with van der Waals surface area (Å²) in [6, 6.07) is 0.804. The fraction of sp³-hybridized carbons (Fsp3) is 0.815. The molecule has 3 rings (SSSR count). The highest BCUT2D eigenvalue weighted by atomic mass is 16.1. The smallest absolute Gasteiger partial charge is 0.142 e. The molecular weight excluding hydrogens is 354 g/mol. The SMILES string of the molecule is C=CC=O.CCCCCC1CCC(C2=CCC(C3CCC(NC)CC3)CC2)CC1. The van der Waals surface area contributed by atoms with E-state index in [1.165, 1.54) is 102 Å². The van der Waals surface area contributed by atoms with Crippen LogP contribution in [0.5, 0.6) is 0 Å². The Balaban J connectivity index is 0.000000687. The molecule has 0 spiro atoms. The molecule has 3 aliphatic rings. The first kappa shape index (κ1) is 24.4. The molecule has 2 nitrogen and oxygen atoms in total. The minimum absolute atomic E-state index is 0.639. The predicted octanol–water partition coefficient (Wildman–Crippen LogP) is 7.25. The van der Waals surface area contributed by atoms with E-state index in [0.717, 1.165) is 29.7 Å². The van der Waals surface area contributed by atoms with Crippen LogP contribution in [0.2, 0.25) is 0 Å². The van der Waals surface area contributed by atoms with E-state index in [2.05, 4.69) is 31.9 Å². The van der Waals surface area contributed by atoms with Crippen molar-refractivity contribution in [2.75, 3.05) is 7.05 Å². The average Bonchev–Trinajstić information content (AvgIpc) is 2.80. The van der Waals surface area contributed by atoms with Crippen LogP contribution in [-0.4, -0.2) is 19.4 Å². The van der Waals surface area contributed by atoms with Crippen LogP contribution < -0.4 is 5.32 Å². The van der Waals surface area contributed by atoms with Crippen LogP contribution in [0.15, 0.2) is 24.3 Å². The molecule has 0 radical (unpaired) electrons. The van der Waals surface area contributed by atoms with Crippen molar-refractivity contribution in [2.45, 2.75) is 109 Å². The van der Waals surface area contributed by atoms with Crippen LogP contribution >= 0.6 is 0 Å². The number of nitrogens with one attached hydrogen (secondary N) is 1. The van der Waals surface area contributed by atoms with E-state index in [-0.39, 0.29) is 0 Å². The van der Waals surface area contributed by atoms with Gasteiger partial charge in [0.2, 0.25) is 0 Å². The van der Waals surface area contributed by atoms with Gasteiger partial charge in [-0.25, -0.2) is 0 Å². The zero-order valence-corrected chi connectivity index (χ0v) is 19.3. The maximum Gasteiger partial charge on any atom is 0.142 e. The fourth-order valence-corrected chi connectivity index (χ4v) is 6.06. The molecule has 0 heterocycles. The Morgan fingerprint density at radius 2 is 1.69 bits per heavy atom. The summed E-state index contributed by atoms with van der Waals surface area (Å²) in [4.78, 5) is 9.06. The summed E-state index contributed by atoms with van der Waals surface area (Å²) in [6.07, 6.45) is 26.5. The quantitative estimate of drug-likeness (QED) is 0.201. The Labute approximate surface area is 181 Å². The highest BCUT2D eigenvalue weighted by molar-refractivity contribution is 5.63. The van der Waals surface area contributed by atoms with Crippen LogP contribution in [0.4, 0.5) is 0 Å². The van der Waals surface area contributed by atoms with Crippen molar-refractivity contribution in [1.29, 1.82) is 0 Å². The van der Waals surface area contributed by atoms with E-state index in [0.29, 0.717) is 6.29 Å². The summed E-state index contributed by atoms with van der Waals surface area (Å²) in [5.74, 6) is 4.05. The Kier molecular flexibility index (Phi) is 11.9. The highest BCUT2D eigenvalue weighted by Gasteiger charge is 2.30. The lowest BCUT2D eigenvalue weighted by Gasteiger charge is -2.37. The lowest BCUT2D eigenvalue weighted by molar-refractivity contribution is -0.104. The van der Waals surface area contributed by atoms with Gasteiger partial charge in [0.05, 0.1) is 0 Å². The van der Waals surface area contributed by atoms with E-state index in [1.54, 1.807) is 0 Å². The first-order chi connectivity index (χ1) is 14.2. The maximum atomic E-state index is 9.06. The molecule has 3 aliphatic carbocycles. The van der Waals surface area contributed by atoms with Crippen LogP contribution in [0.3, 0.4) is 0 Å². The van der Waals surface area contributed by atoms with Crippen molar-refractivity contribution in [1.82, 2.24) is 5.32 Å². The first-order valence-corrected chi connectivity index (χ1v) is 12.6. The highest BCUT2D eigenvalue weighted by Crippen LogP contribution is 2.43. The van der Waals surface area contributed by atoms with Gasteiger partial charge in [0.25, 0.3) is 0 Å².